The van der Waals surface area contributed by atoms with Gasteiger partial charge in [0.15, 0.2) is 5.78 Å². The van der Waals surface area contributed by atoms with E-state index in [0.717, 1.165) is 26.7 Å². The summed E-state index contributed by atoms with van der Waals surface area (Å²) >= 11 is 1.58. The Labute approximate surface area is 167 Å². The zero-order valence-electron chi connectivity index (χ0n) is 15.8. The van der Waals surface area contributed by atoms with Crippen molar-refractivity contribution in [1.82, 2.24) is 14.9 Å². The van der Waals surface area contributed by atoms with E-state index >= 15 is 0 Å². The van der Waals surface area contributed by atoms with Crippen molar-refractivity contribution in [2.75, 3.05) is 0 Å². The lowest BCUT2D eigenvalue weighted by atomic mass is 10.1. The van der Waals surface area contributed by atoms with Gasteiger partial charge in [0.25, 0.3) is 0 Å². The van der Waals surface area contributed by atoms with E-state index in [1.807, 2.05) is 65.7 Å². The molecule has 0 radical (unpaired) electrons. The second-order valence-electron chi connectivity index (χ2n) is 6.78. The molecular formula is C22H21N3O2S. The zero-order chi connectivity index (χ0) is 19.7. The summed E-state index contributed by atoms with van der Waals surface area (Å²) in [6, 6.07) is 13.3. The topological polar surface area (TPSA) is 64.0 Å². The second-order valence-corrected chi connectivity index (χ2v) is 7.64. The normalized spacial score (nSPS) is 12.4. The Morgan fingerprint density at radius 3 is 2.79 bits per heavy atom. The third kappa shape index (κ3) is 3.20. The molecule has 2 aromatic heterocycles. The van der Waals surface area contributed by atoms with Gasteiger partial charge in [-0.05, 0) is 31.0 Å². The first kappa shape index (κ1) is 18.4. The summed E-state index contributed by atoms with van der Waals surface area (Å²) in [5, 5.41) is 3.95. The Morgan fingerprint density at radius 2 is 2.00 bits per heavy atom. The van der Waals surface area contributed by atoms with Gasteiger partial charge in [0.05, 0.1) is 15.7 Å². The lowest BCUT2D eigenvalue weighted by Gasteiger charge is -2.18. The summed E-state index contributed by atoms with van der Waals surface area (Å²) in [6.45, 7) is 3.99. The smallest absolute Gasteiger partial charge is 0.243 e. The Hall–Kier alpha value is -2.99. The van der Waals surface area contributed by atoms with Crippen LogP contribution >= 0.6 is 11.3 Å². The van der Waals surface area contributed by atoms with E-state index < -0.39 is 0 Å². The number of benzene rings is 2. The predicted octanol–water partition coefficient (Wildman–Crippen LogP) is 4.72. The van der Waals surface area contributed by atoms with Crippen LogP contribution in [0.4, 0.5) is 0 Å². The molecule has 0 aliphatic heterocycles. The summed E-state index contributed by atoms with van der Waals surface area (Å²) in [6.07, 6.45) is 2.44. The Morgan fingerprint density at radius 1 is 1.18 bits per heavy atom. The Balaban J connectivity index is 1.62. The molecule has 1 N–H and O–H groups in total. The van der Waals surface area contributed by atoms with Gasteiger partial charge in [-0.3, -0.25) is 9.59 Å². The van der Waals surface area contributed by atoms with Crippen LogP contribution in [0.25, 0.3) is 21.1 Å². The van der Waals surface area contributed by atoms with E-state index in [0.29, 0.717) is 18.5 Å². The number of amides is 1. The molecule has 142 valence electrons. The lowest BCUT2D eigenvalue weighted by molar-refractivity contribution is -0.124. The second kappa shape index (κ2) is 7.56. The van der Waals surface area contributed by atoms with E-state index in [9.17, 15) is 9.59 Å². The van der Waals surface area contributed by atoms with Crippen molar-refractivity contribution < 1.29 is 9.59 Å². The Kier molecular flexibility index (Phi) is 4.96. The maximum atomic E-state index is 13.0. The highest BCUT2D eigenvalue weighted by atomic mass is 32.1. The van der Waals surface area contributed by atoms with Gasteiger partial charge in [0.1, 0.15) is 6.04 Å². The van der Waals surface area contributed by atoms with Crippen LogP contribution in [0, 0.1) is 0 Å². The molecule has 2 heterocycles. The third-order valence-electron chi connectivity index (χ3n) is 5.04. The van der Waals surface area contributed by atoms with Crippen LogP contribution in [0.2, 0.25) is 0 Å². The van der Waals surface area contributed by atoms with E-state index in [1.165, 1.54) is 0 Å². The Bertz CT molecular complexity index is 1170. The molecule has 1 unspecified atom stereocenters. The number of hydrogen-bond donors (Lipinski definition) is 1. The first-order valence-electron chi connectivity index (χ1n) is 9.29. The number of nitrogens with one attached hydrogen (secondary N) is 1. The van der Waals surface area contributed by atoms with Crippen molar-refractivity contribution in [2.24, 2.45) is 0 Å². The molecule has 1 amide bonds. The zero-order valence-corrected chi connectivity index (χ0v) is 16.6. The number of rotatable bonds is 6. The molecule has 5 nitrogen and oxygen atoms in total. The molecule has 1 atom stereocenters. The SMILES string of the molecule is CCC(C(=O)NCc1cccc2ncsc12)n1cc(C(C)=O)c2ccccc21. The van der Waals surface area contributed by atoms with Crippen LogP contribution in [-0.2, 0) is 11.3 Å². The van der Waals surface area contributed by atoms with Gasteiger partial charge in [-0.2, -0.15) is 0 Å². The van der Waals surface area contributed by atoms with Crippen molar-refractivity contribution in [2.45, 2.75) is 32.9 Å². The fourth-order valence-electron chi connectivity index (χ4n) is 3.64. The van der Waals surface area contributed by atoms with Gasteiger partial charge >= 0.3 is 0 Å². The van der Waals surface area contributed by atoms with Gasteiger partial charge in [0.2, 0.25) is 5.91 Å². The van der Waals surface area contributed by atoms with Gasteiger partial charge in [-0.1, -0.05) is 37.3 Å². The summed E-state index contributed by atoms with van der Waals surface area (Å²) in [7, 11) is 0. The first-order chi connectivity index (χ1) is 13.6. The van der Waals surface area contributed by atoms with Gasteiger partial charge < -0.3 is 9.88 Å². The summed E-state index contributed by atoms with van der Waals surface area (Å²) in [4.78, 5) is 29.4. The number of fused-ring (bicyclic) bond motifs is 2. The summed E-state index contributed by atoms with van der Waals surface area (Å²) in [5.41, 5.74) is 5.38. The minimum atomic E-state index is -0.376. The molecule has 28 heavy (non-hydrogen) atoms. The van der Waals surface area contributed by atoms with Gasteiger partial charge in [0, 0.05) is 29.2 Å². The fourth-order valence-corrected chi connectivity index (χ4v) is 4.44. The number of carbonyl (C=O) groups is 2. The molecule has 0 saturated carbocycles. The molecule has 0 fully saturated rings. The molecule has 0 aliphatic carbocycles. The minimum Gasteiger partial charge on any atom is -0.350 e. The third-order valence-corrected chi connectivity index (χ3v) is 5.95. The maximum absolute atomic E-state index is 13.0. The standard InChI is InChI=1S/C22H21N3O2S/c1-3-19(25-12-17(14(2)26)16-8-4-5-10-20(16)25)22(27)23-11-15-7-6-9-18-21(15)28-13-24-18/h4-10,12-13,19H,3,11H2,1-2H3,(H,23,27). The van der Waals surface area contributed by atoms with E-state index in [-0.39, 0.29) is 17.7 Å². The highest BCUT2D eigenvalue weighted by Crippen LogP contribution is 2.27. The van der Waals surface area contributed by atoms with Gasteiger partial charge in [-0.25, -0.2) is 4.98 Å². The monoisotopic (exact) mass is 391 g/mol. The van der Waals surface area contributed by atoms with Crippen molar-refractivity contribution in [3.63, 3.8) is 0 Å². The number of para-hydroxylation sites is 1. The number of carbonyl (C=O) groups excluding carboxylic acids is 2. The lowest BCUT2D eigenvalue weighted by Crippen LogP contribution is -2.31. The van der Waals surface area contributed by atoms with Crippen LogP contribution < -0.4 is 5.32 Å². The number of nitrogens with zero attached hydrogens (tertiary/aromatic N) is 2. The first-order valence-corrected chi connectivity index (χ1v) is 10.2. The molecule has 6 heteroatoms. The quantitative estimate of drug-likeness (QED) is 0.484. The maximum Gasteiger partial charge on any atom is 0.243 e. The van der Waals surface area contributed by atoms with Crippen molar-refractivity contribution in [1.29, 1.82) is 0 Å². The average Bonchev–Trinajstić information content (AvgIpc) is 3.32. The number of thiazole rings is 1. The fraction of sp³-hybridized carbons (Fsp3) is 0.227. The van der Waals surface area contributed by atoms with Crippen LogP contribution in [0.5, 0.6) is 0 Å². The van der Waals surface area contributed by atoms with Crippen molar-refractivity contribution in [3.05, 3.63) is 65.3 Å². The molecule has 0 bridgehead atoms. The predicted molar refractivity (Wildman–Crippen MR) is 113 cm³/mol. The van der Waals surface area contributed by atoms with Gasteiger partial charge in [-0.15, -0.1) is 11.3 Å². The number of hydrogen-bond acceptors (Lipinski definition) is 4. The minimum absolute atomic E-state index is 0.00193. The van der Waals surface area contributed by atoms with Crippen LogP contribution in [0.15, 0.2) is 54.2 Å². The summed E-state index contributed by atoms with van der Waals surface area (Å²) in [5.74, 6) is -0.0537. The molecule has 4 aromatic rings. The van der Waals surface area contributed by atoms with Crippen molar-refractivity contribution in [3.8, 4) is 0 Å². The molecule has 0 aliphatic rings. The number of Topliss-reactive ketones (excluding diaryl/α,β-unsaturated/α-hetero) is 1. The largest absolute Gasteiger partial charge is 0.350 e. The average molecular weight is 391 g/mol. The molecular weight excluding hydrogens is 370 g/mol. The summed E-state index contributed by atoms with van der Waals surface area (Å²) < 4.78 is 3.02. The highest BCUT2D eigenvalue weighted by Gasteiger charge is 2.22. The molecule has 0 spiro atoms. The highest BCUT2D eigenvalue weighted by molar-refractivity contribution is 7.16. The number of aromatic nitrogens is 2. The molecule has 2 aromatic carbocycles. The van der Waals surface area contributed by atoms with E-state index in [1.54, 1.807) is 18.3 Å². The molecule has 0 saturated heterocycles. The van der Waals surface area contributed by atoms with Crippen LogP contribution in [0.1, 0.15) is 42.2 Å². The number of ketones is 1. The van der Waals surface area contributed by atoms with E-state index in [2.05, 4.69) is 10.3 Å². The molecule has 4 rings (SSSR count). The van der Waals surface area contributed by atoms with E-state index in [4.69, 9.17) is 0 Å². The van der Waals surface area contributed by atoms with Crippen molar-refractivity contribution >= 4 is 44.1 Å². The van der Waals surface area contributed by atoms with Crippen LogP contribution in [-0.4, -0.2) is 21.2 Å². The van der Waals surface area contributed by atoms with Crippen LogP contribution in [0.3, 0.4) is 0 Å².